The van der Waals surface area contributed by atoms with Crippen LogP contribution in [0, 0.1) is 0 Å². The number of rotatable bonds is 4. The summed E-state index contributed by atoms with van der Waals surface area (Å²) in [5.41, 5.74) is 5.37. The highest BCUT2D eigenvalue weighted by Gasteiger charge is 2.24. The van der Waals surface area contributed by atoms with Crippen molar-refractivity contribution in [2.24, 2.45) is 0 Å². The van der Waals surface area contributed by atoms with Crippen molar-refractivity contribution in [2.45, 2.75) is 12.3 Å². The predicted molar refractivity (Wildman–Crippen MR) is 219 cm³/mol. The number of para-hydroxylation sites is 1. The molecule has 3 heterocycles. The second-order valence-corrected chi connectivity index (χ2v) is 14.6. The molecule has 4 nitrogen and oxygen atoms in total. The molecule has 0 N–H and O–H groups in total. The highest BCUT2D eigenvalue weighted by Crippen LogP contribution is 2.43. The predicted octanol–water partition coefficient (Wildman–Crippen LogP) is 12.6. The lowest BCUT2D eigenvalue weighted by Crippen LogP contribution is -2.09. The van der Waals surface area contributed by atoms with Crippen molar-refractivity contribution in [1.82, 2.24) is 19.5 Å². The summed E-state index contributed by atoms with van der Waals surface area (Å²) >= 11 is 1.81. The fourth-order valence-electron chi connectivity index (χ4n) is 8.12. The number of benzene rings is 7. The molecule has 1 aliphatic carbocycles. The highest BCUT2D eigenvalue weighted by atomic mass is 32.1. The Hall–Kier alpha value is -6.43. The lowest BCUT2D eigenvalue weighted by Gasteiger charge is -2.19. The highest BCUT2D eigenvalue weighted by molar-refractivity contribution is 7.25. The second kappa shape index (κ2) is 11.6. The first kappa shape index (κ1) is 29.3. The Labute approximate surface area is 303 Å². The molecule has 3 aromatic heterocycles. The first-order valence-electron chi connectivity index (χ1n) is 17.7. The summed E-state index contributed by atoms with van der Waals surface area (Å²) < 4.78 is 4.90. The van der Waals surface area contributed by atoms with E-state index in [1.165, 1.54) is 41.7 Å². The Kier molecular flexibility index (Phi) is 6.51. The van der Waals surface area contributed by atoms with Gasteiger partial charge in [-0.3, -0.25) is 0 Å². The average molecular weight is 683 g/mol. The van der Waals surface area contributed by atoms with E-state index in [0.29, 0.717) is 11.6 Å². The number of hydrogen-bond acceptors (Lipinski definition) is 4. The van der Waals surface area contributed by atoms with Crippen molar-refractivity contribution in [3.63, 3.8) is 0 Å². The summed E-state index contributed by atoms with van der Waals surface area (Å²) in [6.45, 7) is 0. The maximum absolute atomic E-state index is 5.46. The third-order valence-electron chi connectivity index (χ3n) is 10.5. The van der Waals surface area contributed by atoms with Crippen molar-refractivity contribution in [1.29, 1.82) is 0 Å². The maximum atomic E-state index is 5.46. The van der Waals surface area contributed by atoms with Crippen LogP contribution < -0.4 is 0 Å². The third kappa shape index (κ3) is 4.49. The van der Waals surface area contributed by atoms with Gasteiger partial charge in [0.05, 0.1) is 22.3 Å². The van der Waals surface area contributed by atoms with Crippen LogP contribution >= 0.6 is 11.3 Å². The first-order valence-corrected chi connectivity index (χ1v) is 18.5. The Morgan fingerprint density at radius 2 is 1.27 bits per heavy atom. The van der Waals surface area contributed by atoms with Gasteiger partial charge in [0.25, 0.3) is 0 Å². The minimum atomic E-state index is 0.0435. The average Bonchev–Trinajstić information content (AvgIpc) is 3.75. The summed E-state index contributed by atoms with van der Waals surface area (Å²) in [6.07, 6.45) is 9.47. The Morgan fingerprint density at radius 3 is 2.13 bits per heavy atom. The van der Waals surface area contributed by atoms with Crippen molar-refractivity contribution >= 4 is 74.9 Å². The van der Waals surface area contributed by atoms with Gasteiger partial charge in [-0.1, -0.05) is 127 Å². The van der Waals surface area contributed by atoms with Crippen LogP contribution in [0.2, 0.25) is 0 Å². The van der Waals surface area contributed by atoms with E-state index in [1.807, 2.05) is 11.3 Å². The van der Waals surface area contributed by atoms with Crippen LogP contribution in [0.25, 0.3) is 92.0 Å². The third-order valence-corrected chi connectivity index (χ3v) is 11.7. The van der Waals surface area contributed by atoms with Crippen molar-refractivity contribution in [2.75, 3.05) is 0 Å². The number of hydrogen-bond donors (Lipinski definition) is 0. The molecular weight excluding hydrogens is 653 g/mol. The standard InChI is InChI=1S/C47H30N4S/c1-2-14-30(15-3-1)45-48-46(36-21-12-24-42-43(36)35-20-9-11-23-41(35)52-42)50-47(49-45)44-33-18-7-6-13-29(33)25-26-39(44)51-38-22-10-8-19-34(38)37-27-31-16-4-5-17-32(31)28-40(37)51/h1-14,16-28,30H,15H2. The zero-order valence-electron chi connectivity index (χ0n) is 28.1. The van der Waals surface area contributed by atoms with E-state index >= 15 is 0 Å². The molecule has 10 aromatic rings. The molecule has 0 radical (unpaired) electrons. The smallest absolute Gasteiger partial charge is 0.166 e. The number of allylic oxidation sites excluding steroid dienone is 4. The molecule has 0 aliphatic heterocycles. The van der Waals surface area contributed by atoms with Crippen LogP contribution in [-0.4, -0.2) is 19.5 Å². The van der Waals surface area contributed by atoms with E-state index in [1.54, 1.807) is 0 Å². The summed E-state index contributed by atoms with van der Waals surface area (Å²) in [7, 11) is 0. The van der Waals surface area contributed by atoms with E-state index in [0.717, 1.165) is 50.9 Å². The second-order valence-electron chi connectivity index (χ2n) is 13.5. The SMILES string of the molecule is C1=CCC(c2nc(-c3c(-n4c5ccccc5c5cc6ccccc6cc54)ccc4ccccc34)nc(-c3cccc4sc5ccccc5c34)n2)C=C1. The molecule has 1 atom stereocenters. The Morgan fingerprint density at radius 1 is 0.538 bits per heavy atom. The van der Waals surface area contributed by atoms with E-state index in [-0.39, 0.29) is 5.92 Å². The molecule has 0 fully saturated rings. The molecule has 0 saturated heterocycles. The fraction of sp³-hybridized carbons (Fsp3) is 0.0426. The van der Waals surface area contributed by atoms with Gasteiger partial charge in [-0.05, 0) is 64.4 Å². The van der Waals surface area contributed by atoms with Crippen LogP contribution in [-0.2, 0) is 0 Å². The number of fused-ring (bicyclic) bond motifs is 8. The number of thiophene rings is 1. The van der Waals surface area contributed by atoms with Gasteiger partial charge in [-0.15, -0.1) is 11.3 Å². The minimum absolute atomic E-state index is 0.0435. The topological polar surface area (TPSA) is 43.6 Å². The molecule has 5 heteroatoms. The molecule has 7 aromatic carbocycles. The molecule has 1 aliphatic rings. The molecular formula is C47H30N4S. The van der Waals surface area contributed by atoms with Gasteiger partial charge in [0.1, 0.15) is 5.82 Å². The first-order chi connectivity index (χ1) is 25.8. The Balaban J connectivity index is 1.26. The maximum Gasteiger partial charge on any atom is 0.166 e. The summed E-state index contributed by atoms with van der Waals surface area (Å²) in [5.74, 6) is 2.20. The van der Waals surface area contributed by atoms with E-state index in [4.69, 9.17) is 15.0 Å². The van der Waals surface area contributed by atoms with Crippen molar-refractivity contribution in [3.8, 4) is 28.5 Å². The van der Waals surface area contributed by atoms with Gasteiger partial charge in [0, 0.05) is 42.4 Å². The van der Waals surface area contributed by atoms with Crippen LogP contribution in [0.5, 0.6) is 0 Å². The lowest BCUT2D eigenvalue weighted by atomic mass is 9.98. The van der Waals surface area contributed by atoms with Crippen LogP contribution in [0.1, 0.15) is 18.2 Å². The van der Waals surface area contributed by atoms with Crippen molar-refractivity contribution < 1.29 is 0 Å². The van der Waals surface area contributed by atoms with Crippen molar-refractivity contribution in [3.05, 3.63) is 170 Å². The number of aromatic nitrogens is 4. The summed E-state index contributed by atoms with van der Waals surface area (Å²) in [6, 6.07) is 50.2. The quantitative estimate of drug-likeness (QED) is 0.186. The van der Waals surface area contributed by atoms with Gasteiger partial charge in [0.15, 0.2) is 11.6 Å². The lowest BCUT2D eigenvalue weighted by molar-refractivity contribution is 0.764. The Bertz CT molecular complexity index is 3130. The fourth-order valence-corrected chi connectivity index (χ4v) is 9.25. The van der Waals surface area contributed by atoms with Crippen LogP contribution in [0.4, 0.5) is 0 Å². The minimum Gasteiger partial charge on any atom is -0.308 e. The van der Waals surface area contributed by atoms with Gasteiger partial charge in [0.2, 0.25) is 0 Å². The molecule has 0 amide bonds. The summed E-state index contributed by atoms with van der Waals surface area (Å²) in [5, 5.41) is 9.54. The van der Waals surface area contributed by atoms with Gasteiger partial charge < -0.3 is 4.57 Å². The van der Waals surface area contributed by atoms with Crippen LogP contribution in [0.3, 0.4) is 0 Å². The number of nitrogens with zero attached hydrogens (tertiary/aromatic N) is 4. The molecule has 1 unspecified atom stereocenters. The monoisotopic (exact) mass is 682 g/mol. The van der Waals surface area contributed by atoms with Gasteiger partial charge in [-0.25, -0.2) is 15.0 Å². The zero-order chi connectivity index (χ0) is 34.2. The normalized spacial score (nSPS) is 14.5. The summed E-state index contributed by atoms with van der Waals surface area (Å²) in [4.78, 5) is 16.1. The zero-order valence-corrected chi connectivity index (χ0v) is 28.9. The van der Waals surface area contributed by atoms with E-state index in [9.17, 15) is 0 Å². The van der Waals surface area contributed by atoms with Gasteiger partial charge >= 0.3 is 0 Å². The van der Waals surface area contributed by atoms with E-state index in [2.05, 4.69) is 168 Å². The molecule has 11 rings (SSSR count). The largest absolute Gasteiger partial charge is 0.308 e. The molecule has 0 saturated carbocycles. The molecule has 244 valence electrons. The van der Waals surface area contributed by atoms with Crippen LogP contribution in [0.15, 0.2) is 164 Å². The molecule has 0 spiro atoms. The molecule has 52 heavy (non-hydrogen) atoms. The molecule has 0 bridgehead atoms. The van der Waals surface area contributed by atoms with Gasteiger partial charge in [-0.2, -0.15) is 0 Å². The van der Waals surface area contributed by atoms with E-state index < -0.39 is 0 Å².